The second kappa shape index (κ2) is 14.4. The van der Waals surface area contributed by atoms with Crippen LogP contribution in [0.1, 0.15) is 79.1 Å². The zero-order chi connectivity index (χ0) is 35.5. The SMILES string of the molecule is CC(=O)O[C@@H]1[C@@H](OC(C)=O)C(C)(C)/C=C/[C@H](C)[C@@H](OC(C)=O)[C@@]2(OC(C)=O)C[C@@H](C)[C@H](OC(=O)c3ccccc3)/C2=C\[C@](C)(O)[C@@H]1O. The average molecular weight is 659 g/mol. The Hall–Kier alpha value is -4.03. The number of fused-ring (bicyclic) bond motifs is 1. The van der Waals surface area contributed by atoms with E-state index in [1.165, 1.54) is 26.8 Å². The highest BCUT2D eigenvalue weighted by molar-refractivity contribution is 5.89. The van der Waals surface area contributed by atoms with Crippen molar-refractivity contribution in [3.8, 4) is 0 Å². The Morgan fingerprint density at radius 3 is 1.87 bits per heavy atom. The van der Waals surface area contributed by atoms with E-state index in [0.29, 0.717) is 0 Å². The zero-order valence-electron chi connectivity index (χ0n) is 28.3. The first-order chi connectivity index (χ1) is 21.7. The summed E-state index contributed by atoms with van der Waals surface area (Å²) in [4.78, 5) is 63.5. The molecule has 0 bridgehead atoms. The Morgan fingerprint density at radius 2 is 1.34 bits per heavy atom. The predicted octanol–water partition coefficient (Wildman–Crippen LogP) is 3.62. The van der Waals surface area contributed by atoms with Crippen LogP contribution in [0.4, 0.5) is 0 Å². The zero-order valence-corrected chi connectivity index (χ0v) is 28.3. The van der Waals surface area contributed by atoms with Crippen molar-refractivity contribution in [2.24, 2.45) is 17.3 Å². The normalized spacial score (nSPS) is 35.3. The summed E-state index contributed by atoms with van der Waals surface area (Å²) in [6.07, 6.45) is -2.71. The molecule has 0 unspecified atom stereocenters. The lowest BCUT2D eigenvalue weighted by molar-refractivity contribution is -0.197. The van der Waals surface area contributed by atoms with Crippen LogP contribution < -0.4 is 0 Å². The molecule has 0 aliphatic heterocycles. The molecule has 2 aliphatic rings. The van der Waals surface area contributed by atoms with Gasteiger partial charge in [0.1, 0.15) is 23.9 Å². The molecular formula is C35H46O12. The Bertz CT molecular complexity index is 1410. The number of aliphatic hydroxyl groups is 2. The van der Waals surface area contributed by atoms with E-state index in [0.717, 1.165) is 13.8 Å². The Morgan fingerprint density at radius 1 is 0.787 bits per heavy atom. The molecule has 47 heavy (non-hydrogen) atoms. The van der Waals surface area contributed by atoms with E-state index in [1.54, 1.807) is 70.2 Å². The van der Waals surface area contributed by atoms with Gasteiger partial charge >= 0.3 is 29.8 Å². The van der Waals surface area contributed by atoms with Gasteiger partial charge in [-0.2, -0.15) is 0 Å². The molecule has 1 aromatic carbocycles. The molecule has 0 heterocycles. The predicted molar refractivity (Wildman–Crippen MR) is 167 cm³/mol. The molecule has 2 N–H and O–H groups in total. The summed E-state index contributed by atoms with van der Waals surface area (Å²) in [5, 5.41) is 23.9. The minimum Gasteiger partial charge on any atom is -0.458 e. The minimum atomic E-state index is -2.32. The molecule has 0 saturated heterocycles. The number of hydrogen-bond acceptors (Lipinski definition) is 12. The van der Waals surface area contributed by atoms with Gasteiger partial charge in [-0.25, -0.2) is 4.79 Å². The summed E-state index contributed by atoms with van der Waals surface area (Å²) in [7, 11) is 0. The van der Waals surface area contributed by atoms with Crippen molar-refractivity contribution >= 4 is 29.8 Å². The van der Waals surface area contributed by atoms with E-state index >= 15 is 0 Å². The number of ether oxygens (including phenoxy) is 5. The first-order valence-electron chi connectivity index (χ1n) is 15.5. The van der Waals surface area contributed by atoms with Crippen molar-refractivity contribution < 1.29 is 57.9 Å². The van der Waals surface area contributed by atoms with E-state index in [2.05, 4.69) is 0 Å². The Balaban J connectivity index is 2.41. The van der Waals surface area contributed by atoms with Gasteiger partial charge in [-0.3, -0.25) is 19.2 Å². The van der Waals surface area contributed by atoms with Gasteiger partial charge in [0, 0.05) is 56.9 Å². The van der Waals surface area contributed by atoms with Crippen LogP contribution >= 0.6 is 0 Å². The molecule has 258 valence electrons. The van der Waals surface area contributed by atoms with Crippen LogP contribution in [0.15, 0.2) is 54.1 Å². The van der Waals surface area contributed by atoms with Crippen molar-refractivity contribution in [2.75, 3.05) is 0 Å². The molecule has 12 nitrogen and oxygen atoms in total. The molecule has 2 aliphatic carbocycles. The standard InChI is InChI=1S/C35H46O12/c1-19-15-16-33(7,8)31(45-23(5)38)28(43-21(3)36)29(40)34(9,42)18-26-27(46-32(41)25-13-11-10-12-14-25)20(2)17-35(26,47-24(6)39)30(19)44-22(4)37/h10-16,18-20,27-31,40,42H,17H2,1-9H3/b16-15+,26-18+/t19-,20+,27-,28-,29+,30+,31+,34-,35+/m0/s1. The van der Waals surface area contributed by atoms with Gasteiger partial charge in [0.25, 0.3) is 0 Å². The smallest absolute Gasteiger partial charge is 0.338 e. The van der Waals surface area contributed by atoms with Gasteiger partial charge in [-0.15, -0.1) is 0 Å². The summed E-state index contributed by atoms with van der Waals surface area (Å²) < 4.78 is 29.1. The van der Waals surface area contributed by atoms with Gasteiger partial charge in [0.2, 0.25) is 0 Å². The quantitative estimate of drug-likeness (QED) is 0.259. The van der Waals surface area contributed by atoms with Crippen LogP contribution in [-0.2, 0) is 42.9 Å². The van der Waals surface area contributed by atoms with Gasteiger partial charge in [0.05, 0.1) is 5.56 Å². The molecule has 9 atom stereocenters. The van der Waals surface area contributed by atoms with E-state index in [4.69, 9.17) is 23.7 Å². The molecule has 3 rings (SSSR count). The first kappa shape index (κ1) is 37.4. The van der Waals surface area contributed by atoms with E-state index in [9.17, 15) is 34.2 Å². The number of aliphatic hydroxyl groups excluding tert-OH is 1. The van der Waals surface area contributed by atoms with E-state index in [-0.39, 0.29) is 17.6 Å². The Kier molecular flexibility index (Phi) is 11.5. The topological polar surface area (TPSA) is 172 Å². The lowest BCUT2D eigenvalue weighted by atomic mass is 9.74. The van der Waals surface area contributed by atoms with E-state index in [1.807, 2.05) is 0 Å². The second-order valence-corrected chi connectivity index (χ2v) is 13.3. The van der Waals surface area contributed by atoms with Gasteiger partial charge in [0.15, 0.2) is 17.8 Å². The molecule has 12 heteroatoms. The first-order valence-corrected chi connectivity index (χ1v) is 15.5. The van der Waals surface area contributed by atoms with Gasteiger partial charge in [-0.1, -0.05) is 58.0 Å². The highest BCUT2D eigenvalue weighted by Crippen LogP contribution is 2.50. The summed E-state index contributed by atoms with van der Waals surface area (Å²) in [6, 6.07) is 8.18. The average Bonchev–Trinajstić information content (AvgIpc) is 3.20. The number of carbonyl (C=O) groups is 5. The largest absolute Gasteiger partial charge is 0.458 e. The molecule has 0 spiro atoms. The van der Waals surface area contributed by atoms with Crippen molar-refractivity contribution in [1.29, 1.82) is 0 Å². The number of rotatable bonds is 6. The lowest BCUT2D eigenvalue weighted by Gasteiger charge is -2.44. The fourth-order valence-corrected chi connectivity index (χ4v) is 6.53. The maximum atomic E-state index is 13.4. The van der Waals surface area contributed by atoms with Crippen LogP contribution in [0.5, 0.6) is 0 Å². The van der Waals surface area contributed by atoms with Crippen LogP contribution in [-0.4, -0.2) is 81.8 Å². The van der Waals surface area contributed by atoms with Crippen molar-refractivity contribution in [3.63, 3.8) is 0 Å². The molecule has 0 amide bonds. The monoisotopic (exact) mass is 658 g/mol. The maximum Gasteiger partial charge on any atom is 0.338 e. The summed E-state index contributed by atoms with van der Waals surface area (Å²) in [6.45, 7) is 12.7. The minimum absolute atomic E-state index is 0.000289. The number of hydrogen-bond donors (Lipinski definition) is 2. The summed E-state index contributed by atoms with van der Waals surface area (Å²) in [5.74, 6) is -4.95. The molecule has 1 fully saturated rings. The highest BCUT2D eigenvalue weighted by Gasteiger charge is 2.61. The third-order valence-corrected chi connectivity index (χ3v) is 8.55. The van der Waals surface area contributed by atoms with Crippen LogP contribution in [0.2, 0.25) is 0 Å². The lowest BCUT2D eigenvalue weighted by Crippen LogP contribution is -2.58. The van der Waals surface area contributed by atoms with Crippen molar-refractivity contribution in [2.45, 2.75) is 110 Å². The van der Waals surface area contributed by atoms with E-state index < -0.39 is 88.8 Å². The fraction of sp³-hybridized carbons (Fsp3) is 0.571. The Labute approximate surface area is 275 Å². The fourth-order valence-electron chi connectivity index (χ4n) is 6.53. The van der Waals surface area contributed by atoms with Gasteiger partial charge in [-0.05, 0) is 25.1 Å². The number of carbonyl (C=O) groups excluding carboxylic acids is 5. The third-order valence-electron chi connectivity index (χ3n) is 8.55. The van der Waals surface area contributed by atoms with Gasteiger partial charge < -0.3 is 33.9 Å². The van der Waals surface area contributed by atoms with Crippen LogP contribution in [0, 0.1) is 17.3 Å². The molecule has 0 aromatic heterocycles. The van der Waals surface area contributed by atoms with Crippen molar-refractivity contribution in [1.82, 2.24) is 0 Å². The highest BCUT2D eigenvalue weighted by atomic mass is 16.6. The summed E-state index contributed by atoms with van der Waals surface area (Å²) in [5.41, 5.74) is -4.97. The van der Waals surface area contributed by atoms with Crippen LogP contribution in [0.25, 0.3) is 0 Å². The molecule has 0 radical (unpaired) electrons. The van der Waals surface area contributed by atoms with Crippen molar-refractivity contribution in [3.05, 3.63) is 59.7 Å². The second-order valence-electron chi connectivity index (χ2n) is 13.3. The third kappa shape index (κ3) is 8.47. The maximum absolute atomic E-state index is 13.4. The molecular weight excluding hydrogens is 612 g/mol. The number of esters is 5. The summed E-state index contributed by atoms with van der Waals surface area (Å²) >= 11 is 0. The number of benzene rings is 1. The van der Waals surface area contributed by atoms with Crippen LogP contribution in [0.3, 0.4) is 0 Å². The molecule has 1 saturated carbocycles. The molecule has 1 aromatic rings.